The summed E-state index contributed by atoms with van der Waals surface area (Å²) < 4.78 is 79.6. The van der Waals surface area contributed by atoms with Gasteiger partial charge in [0.1, 0.15) is 29.9 Å². The Balaban J connectivity index is 1.36. The van der Waals surface area contributed by atoms with Crippen molar-refractivity contribution in [3.05, 3.63) is 101 Å². The first-order valence-corrected chi connectivity index (χ1v) is 13.3. The lowest BCUT2D eigenvalue weighted by atomic mass is 9.90. The molecule has 2 atom stereocenters. The molecule has 12 heteroatoms. The molecule has 2 aromatic carbocycles. The normalized spacial score (nSPS) is 20.9. The second-order valence-electron chi connectivity index (χ2n) is 9.43. The van der Waals surface area contributed by atoms with Crippen molar-refractivity contribution in [3.8, 4) is 0 Å². The van der Waals surface area contributed by atoms with Crippen molar-refractivity contribution in [2.75, 3.05) is 13.2 Å². The molecule has 0 radical (unpaired) electrons. The quantitative estimate of drug-likeness (QED) is 0.248. The van der Waals surface area contributed by atoms with Crippen molar-refractivity contribution < 1.29 is 36.5 Å². The summed E-state index contributed by atoms with van der Waals surface area (Å²) in [7, 11) is 0. The van der Waals surface area contributed by atoms with Gasteiger partial charge in [-0.15, -0.1) is 11.8 Å². The number of halogens is 5. The summed E-state index contributed by atoms with van der Waals surface area (Å²) in [5, 5.41) is 14.9. The topological polar surface area (TPSA) is 69.4 Å². The molecule has 1 fully saturated rings. The Morgan fingerprint density at radius 1 is 1.15 bits per heavy atom. The molecule has 3 aromatic rings. The van der Waals surface area contributed by atoms with Crippen molar-refractivity contribution in [2.24, 2.45) is 0 Å². The fourth-order valence-corrected chi connectivity index (χ4v) is 5.55. The number of benzene rings is 2. The van der Waals surface area contributed by atoms with Crippen molar-refractivity contribution in [2.45, 2.75) is 49.0 Å². The molecule has 40 heavy (non-hydrogen) atoms. The predicted octanol–water partition coefficient (Wildman–Crippen LogP) is 5.99. The molecule has 2 heterocycles. The molecule has 0 unspecified atom stereocenters. The van der Waals surface area contributed by atoms with E-state index in [1.807, 2.05) is 6.92 Å². The minimum atomic E-state index is -4.38. The molecule has 0 amide bonds. The van der Waals surface area contributed by atoms with E-state index in [4.69, 9.17) is 9.47 Å². The van der Waals surface area contributed by atoms with Crippen LogP contribution in [0.1, 0.15) is 30.5 Å². The fraction of sp³-hybridized carbons (Fsp3) is 0.357. The van der Waals surface area contributed by atoms with Gasteiger partial charge in [0.15, 0.2) is 6.29 Å². The SMILES string of the molecule is C/C(=C\C=C\c1ccc(C(F)(F)F)cc1)[C@H]1OC[C@H](S[C@H](C)[C@](O)(Cn2cncn2)c2ccc(F)cc2F)CO1. The first kappa shape index (κ1) is 29.9. The van der Waals surface area contributed by atoms with Crippen LogP contribution < -0.4 is 0 Å². The van der Waals surface area contributed by atoms with Gasteiger partial charge in [0.2, 0.25) is 0 Å². The van der Waals surface area contributed by atoms with Crippen LogP contribution in [-0.4, -0.2) is 49.9 Å². The highest BCUT2D eigenvalue weighted by Crippen LogP contribution is 2.39. The summed E-state index contributed by atoms with van der Waals surface area (Å²) >= 11 is 1.35. The monoisotopic (exact) mass is 581 g/mol. The van der Waals surface area contributed by atoms with E-state index in [-0.39, 0.29) is 17.4 Å². The van der Waals surface area contributed by atoms with Crippen molar-refractivity contribution in [1.82, 2.24) is 14.8 Å². The van der Waals surface area contributed by atoms with E-state index in [0.29, 0.717) is 18.8 Å². The molecule has 1 N–H and O–H groups in total. The van der Waals surface area contributed by atoms with Gasteiger partial charge in [-0.25, -0.2) is 18.4 Å². The van der Waals surface area contributed by atoms with Crippen LogP contribution in [0.15, 0.2) is 72.8 Å². The highest BCUT2D eigenvalue weighted by atomic mass is 32.2. The van der Waals surface area contributed by atoms with E-state index in [9.17, 15) is 27.1 Å². The Kier molecular flexibility index (Phi) is 9.44. The van der Waals surface area contributed by atoms with Gasteiger partial charge in [-0.1, -0.05) is 43.4 Å². The van der Waals surface area contributed by atoms with Crippen LogP contribution in [0.25, 0.3) is 6.08 Å². The lowest BCUT2D eigenvalue weighted by Gasteiger charge is -2.38. The number of hydrogen-bond acceptors (Lipinski definition) is 6. The van der Waals surface area contributed by atoms with E-state index in [0.717, 1.165) is 29.8 Å². The van der Waals surface area contributed by atoms with Gasteiger partial charge in [-0.3, -0.25) is 0 Å². The smallest absolute Gasteiger partial charge is 0.382 e. The minimum absolute atomic E-state index is 0.0569. The molecule has 0 spiro atoms. The van der Waals surface area contributed by atoms with Crippen molar-refractivity contribution in [3.63, 3.8) is 0 Å². The molecule has 0 bridgehead atoms. The third-order valence-corrected chi connectivity index (χ3v) is 7.92. The highest BCUT2D eigenvalue weighted by molar-refractivity contribution is 8.00. The van der Waals surface area contributed by atoms with Crippen LogP contribution in [0.4, 0.5) is 22.0 Å². The third kappa shape index (κ3) is 7.36. The zero-order chi connectivity index (χ0) is 28.9. The van der Waals surface area contributed by atoms with E-state index < -0.39 is 40.5 Å². The van der Waals surface area contributed by atoms with Gasteiger partial charge >= 0.3 is 6.18 Å². The summed E-state index contributed by atoms with van der Waals surface area (Å²) in [6.45, 7) is 4.03. The number of aromatic nitrogens is 3. The Morgan fingerprint density at radius 3 is 2.45 bits per heavy atom. The molecule has 6 nitrogen and oxygen atoms in total. The van der Waals surface area contributed by atoms with Gasteiger partial charge in [-0.2, -0.15) is 18.3 Å². The minimum Gasteiger partial charge on any atom is -0.382 e. The van der Waals surface area contributed by atoms with Crippen LogP contribution in [0, 0.1) is 11.6 Å². The molecule has 0 saturated carbocycles. The Hall–Kier alpha value is -3.06. The number of nitrogens with zero attached hydrogens (tertiary/aromatic N) is 3. The lowest BCUT2D eigenvalue weighted by molar-refractivity contribution is -0.153. The van der Waals surface area contributed by atoms with Crippen LogP contribution >= 0.6 is 11.8 Å². The Bertz CT molecular complexity index is 1320. The number of thioether (sulfide) groups is 1. The van der Waals surface area contributed by atoms with Crippen molar-refractivity contribution >= 4 is 17.8 Å². The first-order chi connectivity index (χ1) is 19.0. The summed E-state index contributed by atoms with van der Waals surface area (Å²) in [6, 6.07) is 7.90. The highest BCUT2D eigenvalue weighted by Gasteiger charge is 2.41. The van der Waals surface area contributed by atoms with Crippen LogP contribution in [-0.2, 0) is 27.8 Å². The first-order valence-electron chi connectivity index (χ1n) is 12.4. The van der Waals surface area contributed by atoms with Crippen LogP contribution in [0.5, 0.6) is 0 Å². The summed E-state index contributed by atoms with van der Waals surface area (Å²) in [6.07, 6.45) is 2.85. The maximum absolute atomic E-state index is 14.8. The molecule has 1 aliphatic heterocycles. The molecule has 214 valence electrons. The lowest BCUT2D eigenvalue weighted by Crippen LogP contribution is -2.44. The van der Waals surface area contributed by atoms with E-state index in [1.165, 1.54) is 47.3 Å². The zero-order valence-electron chi connectivity index (χ0n) is 21.7. The number of hydrogen-bond donors (Lipinski definition) is 1. The average Bonchev–Trinajstić information content (AvgIpc) is 3.41. The molecule has 1 aromatic heterocycles. The zero-order valence-corrected chi connectivity index (χ0v) is 22.5. The standard InChI is InChI=1S/C28H28F5N3O3S/c1-18(4-3-5-20-6-8-21(9-7-20)28(31,32)33)26-38-13-23(14-39-26)40-19(2)27(37,15-36-17-34-16-35-36)24-11-10-22(29)12-25(24)30/h3-12,16-17,19,23,26,37H,13-15H2,1-2H3/b5-3+,18-4+/t19-,23-,26-,27-/m1/s1. The van der Waals surface area contributed by atoms with Crippen LogP contribution in [0.3, 0.4) is 0 Å². The summed E-state index contributed by atoms with van der Waals surface area (Å²) in [5.41, 5.74) is -1.13. The van der Waals surface area contributed by atoms with Gasteiger partial charge < -0.3 is 14.6 Å². The van der Waals surface area contributed by atoms with E-state index >= 15 is 0 Å². The number of allylic oxidation sites excluding steroid dienone is 2. The maximum Gasteiger partial charge on any atom is 0.416 e. The number of rotatable bonds is 9. The molecule has 1 aliphatic rings. The maximum atomic E-state index is 14.8. The second-order valence-corrected chi connectivity index (χ2v) is 11.1. The van der Waals surface area contributed by atoms with Gasteiger partial charge in [-0.05, 0) is 36.3 Å². The number of alkyl halides is 3. The Labute approximate surface area is 232 Å². The largest absolute Gasteiger partial charge is 0.416 e. The number of ether oxygens (including phenoxy) is 2. The molecular weight excluding hydrogens is 553 g/mol. The molecule has 0 aliphatic carbocycles. The van der Waals surface area contributed by atoms with E-state index in [2.05, 4.69) is 10.1 Å². The van der Waals surface area contributed by atoms with Gasteiger partial charge in [0.25, 0.3) is 0 Å². The second kappa shape index (κ2) is 12.6. The van der Waals surface area contributed by atoms with Crippen molar-refractivity contribution in [1.29, 1.82) is 0 Å². The molecule has 1 saturated heterocycles. The van der Waals surface area contributed by atoms with Gasteiger partial charge in [0, 0.05) is 16.9 Å². The average molecular weight is 582 g/mol. The Morgan fingerprint density at radius 2 is 1.85 bits per heavy atom. The fourth-order valence-electron chi connectivity index (χ4n) is 4.24. The predicted molar refractivity (Wildman–Crippen MR) is 141 cm³/mol. The summed E-state index contributed by atoms with van der Waals surface area (Å²) in [5.74, 6) is -1.61. The van der Waals surface area contributed by atoms with E-state index in [1.54, 1.807) is 25.2 Å². The van der Waals surface area contributed by atoms with Gasteiger partial charge in [0.05, 0.1) is 30.6 Å². The third-order valence-electron chi connectivity index (χ3n) is 6.46. The van der Waals surface area contributed by atoms with Crippen LogP contribution in [0.2, 0.25) is 0 Å². The molecular formula is C28H28F5N3O3S. The summed E-state index contributed by atoms with van der Waals surface area (Å²) in [4.78, 5) is 3.88. The number of aliphatic hydroxyl groups is 1. The molecule has 4 rings (SSSR count).